The number of carbonyl (C=O) groups excluding carboxylic acids is 2. The zero-order valence-corrected chi connectivity index (χ0v) is 22.9. The maximum absolute atomic E-state index is 13.2. The number of hydrogen-bond acceptors (Lipinski definition) is 8. The molecule has 0 spiro atoms. The molecule has 0 aliphatic heterocycles. The Morgan fingerprint density at radius 1 is 1.02 bits per heavy atom. The molecule has 11 heteroatoms. The van der Waals surface area contributed by atoms with Gasteiger partial charge in [0, 0.05) is 29.8 Å². The van der Waals surface area contributed by atoms with Crippen molar-refractivity contribution in [3.8, 4) is 22.8 Å². The number of nitrogens with one attached hydrogen (secondary N) is 1. The number of amidine groups is 1. The Kier molecular flexibility index (Phi) is 9.23. The monoisotopic (exact) mass is 548 g/mol. The van der Waals surface area contributed by atoms with E-state index < -0.39 is 29.3 Å². The van der Waals surface area contributed by atoms with Crippen LogP contribution in [0.1, 0.15) is 57.5 Å². The number of aliphatic hydroxyl groups is 1. The number of carboxylic acid groups (broad SMARTS) is 1. The number of carbonyl (C=O) groups is 3. The van der Waals surface area contributed by atoms with E-state index in [1.165, 1.54) is 37.4 Å². The number of aromatic carboxylic acids is 1. The molecule has 0 saturated heterocycles. The molecule has 1 atom stereocenters. The Labute approximate surface area is 231 Å². The van der Waals surface area contributed by atoms with Gasteiger partial charge in [-0.15, -0.1) is 0 Å². The molecular weight excluding hydrogens is 516 g/mol. The number of methoxy groups -OCH3 is 1. The number of nitrogens with two attached hydrogens (primary N) is 1. The first kappa shape index (κ1) is 29.8. The lowest BCUT2D eigenvalue weighted by atomic mass is 9.87. The van der Waals surface area contributed by atoms with E-state index in [-0.39, 0.29) is 46.2 Å². The highest BCUT2D eigenvalue weighted by molar-refractivity contribution is 6.05. The number of rotatable bonds is 9. The summed E-state index contributed by atoms with van der Waals surface area (Å²) in [6.45, 7) is 5.30. The molecule has 0 fully saturated rings. The van der Waals surface area contributed by atoms with E-state index in [1.807, 2.05) is 20.8 Å². The van der Waals surface area contributed by atoms with E-state index in [0.717, 1.165) is 0 Å². The number of aliphatic imine (C=N–C) groups is 1. The van der Waals surface area contributed by atoms with Crippen molar-refractivity contribution in [1.82, 2.24) is 10.3 Å². The molecule has 40 heavy (non-hydrogen) atoms. The summed E-state index contributed by atoms with van der Waals surface area (Å²) in [7, 11) is 2.93. The van der Waals surface area contributed by atoms with Gasteiger partial charge in [0.2, 0.25) is 5.88 Å². The van der Waals surface area contributed by atoms with Gasteiger partial charge in [-0.2, -0.15) is 0 Å². The van der Waals surface area contributed by atoms with E-state index >= 15 is 0 Å². The van der Waals surface area contributed by atoms with Crippen molar-refractivity contribution >= 4 is 23.7 Å². The smallest absolute Gasteiger partial charge is 0.363 e. The molecule has 1 heterocycles. The van der Waals surface area contributed by atoms with Gasteiger partial charge in [-0.3, -0.25) is 9.79 Å². The number of esters is 1. The van der Waals surface area contributed by atoms with Gasteiger partial charge in [-0.25, -0.2) is 14.6 Å². The minimum atomic E-state index is -1.32. The molecule has 210 valence electrons. The van der Waals surface area contributed by atoms with Crippen LogP contribution in [0.5, 0.6) is 11.6 Å². The highest BCUT2D eigenvalue weighted by Gasteiger charge is 2.27. The van der Waals surface area contributed by atoms with E-state index in [2.05, 4.69) is 15.3 Å². The van der Waals surface area contributed by atoms with Crippen LogP contribution in [-0.2, 0) is 0 Å². The summed E-state index contributed by atoms with van der Waals surface area (Å²) in [5.74, 6) is -2.09. The van der Waals surface area contributed by atoms with Crippen LogP contribution < -0.4 is 20.5 Å². The Morgan fingerprint density at radius 2 is 1.65 bits per heavy atom. The van der Waals surface area contributed by atoms with Gasteiger partial charge in [0.25, 0.3) is 5.91 Å². The summed E-state index contributed by atoms with van der Waals surface area (Å²) in [6, 6.07) is 12.8. The molecule has 3 aromatic rings. The highest BCUT2D eigenvalue weighted by atomic mass is 16.5. The van der Waals surface area contributed by atoms with Crippen molar-refractivity contribution < 1.29 is 34.1 Å². The number of aliphatic hydroxyl groups excluding tert-OH is 1. The van der Waals surface area contributed by atoms with Crippen molar-refractivity contribution in [2.75, 3.05) is 20.8 Å². The molecule has 1 aromatic heterocycles. The second-order valence-corrected chi connectivity index (χ2v) is 9.91. The van der Waals surface area contributed by atoms with Gasteiger partial charge in [-0.05, 0) is 53.4 Å². The molecule has 0 unspecified atom stereocenters. The van der Waals surface area contributed by atoms with Gasteiger partial charge in [0.05, 0.1) is 25.3 Å². The van der Waals surface area contributed by atoms with Crippen LogP contribution in [0.25, 0.3) is 11.1 Å². The molecule has 3 rings (SSSR count). The number of carboxylic acids is 1. The number of amides is 1. The van der Waals surface area contributed by atoms with Crippen molar-refractivity contribution in [1.29, 1.82) is 0 Å². The number of ether oxygens (including phenoxy) is 2. The number of pyridine rings is 1. The van der Waals surface area contributed by atoms with Crippen molar-refractivity contribution in [3.63, 3.8) is 0 Å². The summed E-state index contributed by atoms with van der Waals surface area (Å²) in [5.41, 5.74) is 5.98. The third-order valence-corrected chi connectivity index (χ3v) is 6.21. The van der Waals surface area contributed by atoms with Crippen LogP contribution in [0.3, 0.4) is 0 Å². The predicted octanol–water partition coefficient (Wildman–Crippen LogP) is 3.15. The van der Waals surface area contributed by atoms with Crippen molar-refractivity contribution in [3.05, 3.63) is 77.0 Å². The summed E-state index contributed by atoms with van der Waals surface area (Å²) in [6.07, 6.45) is 0. The second-order valence-electron chi connectivity index (χ2n) is 9.91. The Hall–Kier alpha value is -4.77. The van der Waals surface area contributed by atoms with Crippen LogP contribution in [0.15, 0.2) is 59.6 Å². The summed E-state index contributed by atoms with van der Waals surface area (Å²) in [4.78, 5) is 46.5. The number of aromatic nitrogens is 1. The number of benzene rings is 2. The SMILES string of the molecule is CN=C(N)c1ccc(OC(=O)c2nc(OC)ccc2-c2ccc(C(=O)N[C@H](CO)C(C)(C)C)cc2C(=O)O)cc1. The van der Waals surface area contributed by atoms with Crippen LogP contribution in [-0.4, -0.2) is 65.7 Å². The Bertz CT molecular complexity index is 1440. The first-order chi connectivity index (χ1) is 18.9. The number of hydrogen-bond donors (Lipinski definition) is 4. The molecule has 5 N–H and O–H groups in total. The first-order valence-corrected chi connectivity index (χ1v) is 12.3. The quantitative estimate of drug-likeness (QED) is 0.136. The normalized spacial score (nSPS) is 12.4. The van der Waals surface area contributed by atoms with E-state index in [0.29, 0.717) is 11.4 Å². The lowest BCUT2D eigenvalue weighted by molar-refractivity contribution is 0.0693. The maximum atomic E-state index is 13.2. The fourth-order valence-corrected chi connectivity index (χ4v) is 3.78. The molecule has 0 aliphatic carbocycles. The zero-order valence-electron chi connectivity index (χ0n) is 22.9. The third-order valence-electron chi connectivity index (χ3n) is 6.21. The van der Waals surface area contributed by atoms with Crippen LogP contribution in [0, 0.1) is 5.41 Å². The molecule has 0 bridgehead atoms. The van der Waals surface area contributed by atoms with Gasteiger partial charge in [0.15, 0.2) is 5.69 Å². The fraction of sp³-hybridized carbons (Fsp3) is 0.276. The predicted molar refractivity (Wildman–Crippen MR) is 149 cm³/mol. The molecule has 11 nitrogen and oxygen atoms in total. The van der Waals surface area contributed by atoms with Crippen molar-refractivity contribution in [2.45, 2.75) is 26.8 Å². The number of nitrogens with zero attached hydrogens (tertiary/aromatic N) is 2. The fourth-order valence-electron chi connectivity index (χ4n) is 3.78. The van der Waals surface area contributed by atoms with Gasteiger partial charge in [0.1, 0.15) is 11.6 Å². The summed E-state index contributed by atoms with van der Waals surface area (Å²) < 4.78 is 10.7. The molecule has 1 amide bonds. The third kappa shape index (κ3) is 6.80. The van der Waals surface area contributed by atoms with E-state index in [4.69, 9.17) is 15.2 Å². The Balaban J connectivity index is 2.01. The van der Waals surface area contributed by atoms with Gasteiger partial charge >= 0.3 is 11.9 Å². The van der Waals surface area contributed by atoms with Crippen LogP contribution in [0.2, 0.25) is 0 Å². The van der Waals surface area contributed by atoms with Crippen LogP contribution in [0.4, 0.5) is 0 Å². The first-order valence-electron chi connectivity index (χ1n) is 12.3. The molecule has 2 aromatic carbocycles. The summed E-state index contributed by atoms with van der Waals surface area (Å²) >= 11 is 0. The largest absolute Gasteiger partial charge is 0.481 e. The van der Waals surface area contributed by atoms with Crippen LogP contribution >= 0.6 is 0 Å². The topological polar surface area (TPSA) is 173 Å². The standard InChI is InChI=1S/C29H32N4O7/c1-29(2,3)22(15-34)32-26(35)17-8-11-19(21(14-17)27(36)37)20-12-13-23(39-5)33-24(20)28(38)40-18-9-6-16(7-10-18)25(30)31-4/h6-14,22,34H,15H2,1-5H3,(H2,30,31)(H,32,35)(H,36,37)/t22-/m1/s1. The summed E-state index contributed by atoms with van der Waals surface area (Å²) in [5, 5.41) is 22.4. The highest BCUT2D eigenvalue weighted by Crippen LogP contribution is 2.30. The lowest BCUT2D eigenvalue weighted by Gasteiger charge is -2.29. The average molecular weight is 549 g/mol. The Morgan fingerprint density at radius 3 is 2.20 bits per heavy atom. The second kappa shape index (κ2) is 12.4. The van der Waals surface area contributed by atoms with E-state index in [1.54, 1.807) is 31.3 Å². The van der Waals surface area contributed by atoms with Gasteiger partial charge < -0.3 is 30.7 Å². The zero-order chi connectivity index (χ0) is 29.6. The minimum Gasteiger partial charge on any atom is -0.481 e. The molecule has 0 saturated carbocycles. The maximum Gasteiger partial charge on any atom is 0.363 e. The molecular formula is C29H32N4O7. The molecule has 0 aliphatic rings. The van der Waals surface area contributed by atoms with Gasteiger partial charge in [-0.1, -0.05) is 26.8 Å². The molecule has 0 radical (unpaired) electrons. The lowest BCUT2D eigenvalue weighted by Crippen LogP contribution is -2.46. The average Bonchev–Trinajstić information content (AvgIpc) is 2.94. The van der Waals surface area contributed by atoms with Crippen molar-refractivity contribution in [2.24, 2.45) is 16.1 Å². The van der Waals surface area contributed by atoms with E-state index in [9.17, 15) is 24.6 Å². The minimum absolute atomic E-state index is 0.0735.